The molecule has 0 aliphatic rings. The molecule has 0 aliphatic heterocycles. The van der Waals surface area contributed by atoms with Gasteiger partial charge in [0.05, 0.1) is 32.9 Å². The van der Waals surface area contributed by atoms with Gasteiger partial charge in [-0.25, -0.2) is 0 Å². The van der Waals surface area contributed by atoms with E-state index < -0.39 is 0 Å². The van der Waals surface area contributed by atoms with Gasteiger partial charge in [-0.3, -0.25) is 4.79 Å². The molecule has 0 saturated heterocycles. The predicted octanol–water partition coefficient (Wildman–Crippen LogP) is 3.20. The monoisotopic (exact) mass is 315 g/mol. The van der Waals surface area contributed by atoms with Crippen LogP contribution in [0.25, 0.3) is 0 Å². The van der Waals surface area contributed by atoms with Crippen LogP contribution in [0.2, 0.25) is 0 Å². The number of hydrogen-bond acceptors (Lipinski definition) is 4. The number of para-hydroxylation sites is 1. The van der Waals surface area contributed by atoms with E-state index >= 15 is 0 Å². The molecule has 0 aliphatic carbocycles. The minimum atomic E-state index is -0.226. The fourth-order valence-electron chi connectivity index (χ4n) is 2.33. The van der Waals surface area contributed by atoms with Crippen molar-refractivity contribution in [3.05, 3.63) is 53.6 Å². The molecule has 5 nitrogen and oxygen atoms in total. The van der Waals surface area contributed by atoms with E-state index in [2.05, 4.69) is 5.32 Å². The van der Waals surface area contributed by atoms with E-state index in [0.29, 0.717) is 17.1 Å². The highest BCUT2D eigenvalue weighted by atomic mass is 16.5. The van der Waals surface area contributed by atoms with Gasteiger partial charge in [-0.2, -0.15) is 0 Å². The van der Waals surface area contributed by atoms with Crippen LogP contribution in [-0.2, 0) is 0 Å². The molecular formula is C18H21NO4. The number of nitrogens with one attached hydrogen (secondary N) is 1. The summed E-state index contributed by atoms with van der Waals surface area (Å²) in [5.41, 5.74) is 1.39. The maximum atomic E-state index is 12.6. The van der Waals surface area contributed by atoms with Crippen LogP contribution >= 0.6 is 0 Å². The third kappa shape index (κ3) is 3.74. The smallest absolute Gasteiger partial charge is 0.255 e. The van der Waals surface area contributed by atoms with Crippen molar-refractivity contribution in [2.24, 2.45) is 0 Å². The van der Waals surface area contributed by atoms with Gasteiger partial charge in [-0.1, -0.05) is 18.2 Å². The lowest BCUT2D eigenvalue weighted by Gasteiger charge is -2.17. The number of amides is 1. The molecule has 2 rings (SSSR count). The van der Waals surface area contributed by atoms with Crippen molar-refractivity contribution in [3.8, 4) is 17.2 Å². The van der Waals surface area contributed by atoms with Crippen molar-refractivity contribution in [2.45, 2.75) is 13.0 Å². The Morgan fingerprint density at radius 2 is 1.74 bits per heavy atom. The van der Waals surface area contributed by atoms with Crippen LogP contribution in [0.1, 0.15) is 28.9 Å². The molecule has 122 valence electrons. The second-order valence-electron chi connectivity index (χ2n) is 5.01. The van der Waals surface area contributed by atoms with Crippen LogP contribution in [0.5, 0.6) is 17.2 Å². The zero-order valence-electron chi connectivity index (χ0n) is 13.8. The molecule has 23 heavy (non-hydrogen) atoms. The lowest BCUT2D eigenvalue weighted by Crippen LogP contribution is -2.27. The first kappa shape index (κ1) is 16.7. The van der Waals surface area contributed by atoms with Crippen molar-refractivity contribution in [1.29, 1.82) is 0 Å². The fraction of sp³-hybridized carbons (Fsp3) is 0.278. The summed E-state index contributed by atoms with van der Waals surface area (Å²) in [5, 5.41) is 2.96. The van der Waals surface area contributed by atoms with Crippen LogP contribution in [0.4, 0.5) is 0 Å². The molecule has 0 fully saturated rings. The molecular weight excluding hydrogens is 294 g/mol. The Labute approximate surface area is 136 Å². The van der Waals surface area contributed by atoms with Gasteiger partial charge in [0.15, 0.2) is 11.5 Å². The second kappa shape index (κ2) is 7.54. The number of methoxy groups -OCH3 is 3. The Morgan fingerprint density at radius 1 is 1.00 bits per heavy atom. The van der Waals surface area contributed by atoms with Crippen LogP contribution in [0.15, 0.2) is 42.5 Å². The Hall–Kier alpha value is -2.69. The molecule has 0 saturated carbocycles. The van der Waals surface area contributed by atoms with E-state index in [1.165, 1.54) is 7.11 Å². The van der Waals surface area contributed by atoms with Gasteiger partial charge in [-0.05, 0) is 36.8 Å². The van der Waals surface area contributed by atoms with Crippen LogP contribution < -0.4 is 19.5 Å². The molecule has 0 radical (unpaired) electrons. The van der Waals surface area contributed by atoms with Gasteiger partial charge in [0, 0.05) is 0 Å². The van der Waals surface area contributed by atoms with Crippen LogP contribution in [0, 0.1) is 0 Å². The molecule has 5 heteroatoms. The van der Waals surface area contributed by atoms with Gasteiger partial charge < -0.3 is 19.5 Å². The minimum absolute atomic E-state index is 0.173. The highest BCUT2D eigenvalue weighted by molar-refractivity contribution is 5.98. The summed E-state index contributed by atoms with van der Waals surface area (Å²) in [6, 6.07) is 12.6. The van der Waals surface area contributed by atoms with Gasteiger partial charge in [0.1, 0.15) is 5.75 Å². The predicted molar refractivity (Wildman–Crippen MR) is 88.4 cm³/mol. The van der Waals surface area contributed by atoms with E-state index in [9.17, 15) is 4.79 Å². The third-order valence-corrected chi connectivity index (χ3v) is 3.59. The zero-order valence-corrected chi connectivity index (χ0v) is 13.8. The summed E-state index contributed by atoms with van der Waals surface area (Å²) in [4.78, 5) is 12.6. The average molecular weight is 315 g/mol. The van der Waals surface area contributed by atoms with Crippen molar-refractivity contribution in [2.75, 3.05) is 21.3 Å². The van der Waals surface area contributed by atoms with E-state index in [4.69, 9.17) is 14.2 Å². The lowest BCUT2D eigenvalue weighted by molar-refractivity contribution is 0.0936. The zero-order chi connectivity index (χ0) is 16.8. The van der Waals surface area contributed by atoms with E-state index in [1.807, 2.05) is 31.2 Å². The summed E-state index contributed by atoms with van der Waals surface area (Å²) < 4.78 is 15.7. The van der Waals surface area contributed by atoms with Gasteiger partial charge in [0.2, 0.25) is 0 Å². The van der Waals surface area contributed by atoms with Gasteiger partial charge in [0.25, 0.3) is 5.91 Å². The van der Waals surface area contributed by atoms with E-state index in [0.717, 1.165) is 11.3 Å². The molecule has 0 heterocycles. The molecule has 0 spiro atoms. The molecule has 0 aromatic heterocycles. The molecule has 0 bridgehead atoms. The minimum Gasteiger partial charge on any atom is -0.497 e. The number of ether oxygens (including phenoxy) is 3. The molecule has 1 N–H and O–H groups in total. The maximum absolute atomic E-state index is 12.6. The summed E-state index contributed by atoms with van der Waals surface area (Å²) >= 11 is 0. The summed E-state index contributed by atoms with van der Waals surface area (Å²) in [7, 11) is 4.67. The molecule has 0 unspecified atom stereocenters. The topological polar surface area (TPSA) is 56.8 Å². The first-order valence-electron chi connectivity index (χ1n) is 7.26. The Bertz CT molecular complexity index is 684. The number of hydrogen-bond donors (Lipinski definition) is 1. The highest BCUT2D eigenvalue weighted by Gasteiger charge is 2.18. The van der Waals surface area contributed by atoms with E-state index in [-0.39, 0.29) is 11.9 Å². The molecule has 1 amide bonds. The van der Waals surface area contributed by atoms with Crippen molar-refractivity contribution in [3.63, 3.8) is 0 Å². The number of benzene rings is 2. The second-order valence-corrected chi connectivity index (χ2v) is 5.01. The van der Waals surface area contributed by atoms with Crippen LogP contribution in [-0.4, -0.2) is 27.2 Å². The average Bonchev–Trinajstić information content (AvgIpc) is 2.60. The standard InChI is InChI=1S/C18H21NO4/c1-12(13-7-5-8-14(11-13)21-2)19-18(20)15-9-6-10-16(22-3)17(15)23-4/h5-12H,1-4H3,(H,19,20)/t12-/m1/s1. The van der Waals surface area contributed by atoms with Crippen molar-refractivity contribution < 1.29 is 19.0 Å². The summed E-state index contributed by atoms with van der Waals surface area (Å²) in [6.07, 6.45) is 0. The van der Waals surface area contributed by atoms with E-state index in [1.54, 1.807) is 32.4 Å². The largest absolute Gasteiger partial charge is 0.497 e. The quantitative estimate of drug-likeness (QED) is 0.889. The van der Waals surface area contributed by atoms with Gasteiger partial charge >= 0.3 is 0 Å². The third-order valence-electron chi connectivity index (χ3n) is 3.59. The van der Waals surface area contributed by atoms with Crippen molar-refractivity contribution in [1.82, 2.24) is 5.32 Å². The Balaban J connectivity index is 2.21. The Kier molecular flexibility index (Phi) is 5.46. The normalized spacial score (nSPS) is 11.5. The Morgan fingerprint density at radius 3 is 2.39 bits per heavy atom. The number of carbonyl (C=O) groups excluding carboxylic acids is 1. The number of carbonyl (C=O) groups is 1. The summed E-state index contributed by atoms with van der Waals surface area (Å²) in [6.45, 7) is 1.92. The first-order valence-corrected chi connectivity index (χ1v) is 7.26. The highest BCUT2D eigenvalue weighted by Crippen LogP contribution is 2.31. The van der Waals surface area contributed by atoms with Crippen LogP contribution in [0.3, 0.4) is 0 Å². The first-order chi connectivity index (χ1) is 11.1. The lowest BCUT2D eigenvalue weighted by atomic mass is 10.1. The maximum Gasteiger partial charge on any atom is 0.255 e. The van der Waals surface area contributed by atoms with Gasteiger partial charge in [-0.15, -0.1) is 0 Å². The van der Waals surface area contributed by atoms with Crippen molar-refractivity contribution >= 4 is 5.91 Å². The SMILES string of the molecule is COc1cccc([C@@H](C)NC(=O)c2cccc(OC)c2OC)c1. The molecule has 1 atom stereocenters. The number of rotatable bonds is 6. The molecule has 2 aromatic rings. The molecule has 2 aromatic carbocycles. The summed E-state index contributed by atoms with van der Waals surface area (Å²) in [5.74, 6) is 1.47. The fourth-order valence-corrected chi connectivity index (χ4v) is 2.33.